The first-order chi connectivity index (χ1) is 10.7. The molecule has 1 saturated heterocycles. The fourth-order valence-corrected chi connectivity index (χ4v) is 2.97. The molecule has 0 saturated carbocycles. The molecule has 122 valence electrons. The minimum Gasteiger partial charge on any atom is -0.354 e. The van der Waals surface area contributed by atoms with Crippen LogP contribution in [-0.4, -0.2) is 62.0 Å². The summed E-state index contributed by atoms with van der Waals surface area (Å²) >= 11 is 1.37. The van der Waals surface area contributed by atoms with E-state index in [0.717, 1.165) is 39.1 Å². The second kappa shape index (κ2) is 8.87. The Labute approximate surface area is 135 Å². The van der Waals surface area contributed by atoms with Crippen molar-refractivity contribution in [1.29, 1.82) is 0 Å². The maximum atomic E-state index is 12.0. The molecular formula is C15H24N4O2S. The molecule has 1 unspecified atom stereocenters. The lowest BCUT2D eigenvalue weighted by Gasteiger charge is -2.27. The van der Waals surface area contributed by atoms with E-state index in [1.54, 1.807) is 13.0 Å². The third kappa shape index (κ3) is 5.40. The van der Waals surface area contributed by atoms with Crippen molar-refractivity contribution in [3.05, 3.63) is 22.4 Å². The molecule has 3 N–H and O–H groups in total. The lowest BCUT2D eigenvalue weighted by atomic mass is 10.2. The quantitative estimate of drug-likeness (QED) is 0.630. The third-order valence-corrected chi connectivity index (χ3v) is 4.51. The van der Waals surface area contributed by atoms with E-state index in [9.17, 15) is 9.59 Å². The average Bonchev–Trinajstić information content (AvgIpc) is 3.07. The van der Waals surface area contributed by atoms with Crippen LogP contribution in [0.5, 0.6) is 0 Å². The highest BCUT2D eigenvalue weighted by molar-refractivity contribution is 7.12. The van der Waals surface area contributed by atoms with Gasteiger partial charge in [-0.05, 0) is 31.3 Å². The number of hydrogen-bond donors (Lipinski definition) is 3. The summed E-state index contributed by atoms with van der Waals surface area (Å²) in [5.41, 5.74) is 0. The van der Waals surface area contributed by atoms with Crippen LogP contribution >= 0.6 is 11.3 Å². The van der Waals surface area contributed by atoms with E-state index in [1.807, 2.05) is 11.4 Å². The number of carbonyl (C=O) groups excluding carboxylic acids is 2. The minimum atomic E-state index is -0.520. The second-order valence-electron chi connectivity index (χ2n) is 5.41. The normalized spacial score (nSPS) is 17.0. The first-order valence-electron chi connectivity index (χ1n) is 7.72. The van der Waals surface area contributed by atoms with Gasteiger partial charge in [0.2, 0.25) is 5.91 Å². The maximum absolute atomic E-state index is 12.0. The Kier molecular flexibility index (Phi) is 6.82. The van der Waals surface area contributed by atoms with Crippen LogP contribution in [0, 0.1) is 0 Å². The lowest BCUT2D eigenvalue weighted by Crippen LogP contribution is -2.46. The van der Waals surface area contributed by atoms with Crippen molar-refractivity contribution < 1.29 is 9.59 Å². The summed E-state index contributed by atoms with van der Waals surface area (Å²) in [6.45, 7) is 7.57. The number of rotatable bonds is 7. The predicted molar refractivity (Wildman–Crippen MR) is 88.2 cm³/mol. The first-order valence-corrected chi connectivity index (χ1v) is 8.60. The lowest BCUT2D eigenvalue weighted by molar-refractivity contribution is -0.122. The minimum absolute atomic E-state index is 0.134. The smallest absolute Gasteiger partial charge is 0.261 e. The number of carbonyl (C=O) groups is 2. The Morgan fingerprint density at radius 2 is 2.18 bits per heavy atom. The molecule has 7 heteroatoms. The van der Waals surface area contributed by atoms with Gasteiger partial charge in [0.25, 0.3) is 5.91 Å². The van der Waals surface area contributed by atoms with Crippen LogP contribution in [0.25, 0.3) is 0 Å². The van der Waals surface area contributed by atoms with Gasteiger partial charge in [0.05, 0.1) is 4.88 Å². The third-order valence-electron chi connectivity index (χ3n) is 3.65. The molecule has 1 aromatic rings. The number of piperazine rings is 1. The van der Waals surface area contributed by atoms with Gasteiger partial charge in [-0.15, -0.1) is 11.3 Å². The number of hydrogen-bond acceptors (Lipinski definition) is 5. The predicted octanol–water partition coefficient (Wildman–Crippen LogP) is 0.278. The summed E-state index contributed by atoms with van der Waals surface area (Å²) in [4.78, 5) is 26.8. The maximum Gasteiger partial charge on any atom is 0.261 e. The van der Waals surface area contributed by atoms with E-state index in [4.69, 9.17) is 0 Å². The van der Waals surface area contributed by atoms with Crippen LogP contribution in [-0.2, 0) is 4.79 Å². The van der Waals surface area contributed by atoms with Crippen LogP contribution in [0.3, 0.4) is 0 Å². The molecule has 0 bridgehead atoms. The summed E-state index contributed by atoms with van der Waals surface area (Å²) in [5.74, 6) is -0.330. The second-order valence-corrected chi connectivity index (χ2v) is 6.36. The standard InChI is InChI=1S/C15H24N4O2S/c1-12(18-15(21)13-4-2-11-22-13)14(20)17-5-3-8-19-9-6-16-7-10-19/h2,4,11-12,16H,3,5-10H2,1H3,(H,17,20)(H,18,21). The zero-order valence-corrected chi connectivity index (χ0v) is 13.7. The van der Waals surface area contributed by atoms with Crippen molar-refractivity contribution in [3.8, 4) is 0 Å². The Balaban J connectivity index is 1.60. The summed E-state index contributed by atoms with van der Waals surface area (Å²) in [6, 6.07) is 3.05. The van der Waals surface area contributed by atoms with Crippen LogP contribution in [0.1, 0.15) is 23.0 Å². The molecule has 22 heavy (non-hydrogen) atoms. The van der Waals surface area contributed by atoms with Crippen molar-refractivity contribution in [2.75, 3.05) is 39.3 Å². The Morgan fingerprint density at radius 1 is 1.41 bits per heavy atom. The molecule has 1 atom stereocenters. The molecule has 0 spiro atoms. The van der Waals surface area contributed by atoms with Crippen LogP contribution in [0.4, 0.5) is 0 Å². The number of nitrogens with one attached hydrogen (secondary N) is 3. The molecule has 2 rings (SSSR count). The first kappa shape index (κ1) is 16.9. The van der Waals surface area contributed by atoms with Crippen molar-refractivity contribution in [2.45, 2.75) is 19.4 Å². The van der Waals surface area contributed by atoms with Gasteiger partial charge in [0.1, 0.15) is 6.04 Å². The summed E-state index contributed by atoms with van der Waals surface area (Å²) in [5, 5.41) is 10.8. The van der Waals surface area contributed by atoms with Crippen LogP contribution in [0.15, 0.2) is 17.5 Å². The van der Waals surface area contributed by atoms with E-state index in [-0.39, 0.29) is 11.8 Å². The fraction of sp³-hybridized carbons (Fsp3) is 0.600. The highest BCUT2D eigenvalue weighted by Gasteiger charge is 2.16. The van der Waals surface area contributed by atoms with E-state index < -0.39 is 6.04 Å². The van der Waals surface area contributed by atoms with Crippen molar-refractivity contribution in [3.63, 3.8) is 0 Å². The molecule has 1 fully saturated rings. The zero-order valence-electron chi connectivity index (χ0n) is 12.9. The summed E-state index contributed by atoms with van der Waals surface area (Å²) in [6.07, 6.45) is 0.928. The number of amides is 2. The largest absolute Gasteiger partial charge is 0.354 e. The molecule has 1 aliphatic heterocycles. The highest BCUT2D eigenvalue weighted by Crippen LogP contribution is 2.08. The van der Waals surface area contributed by atoms with Gasteiger partial charge in [0, 0.05) is 32.7 Å². The van der Waals surface area contributed by atoms with Crippen LogP contribution < -0.4 is 16.0 Å². The molecule has 0 radical (unpaired) electrons. The molecule has 1 aromatic heterocycles. The van der Waals surface area contributed by atoms with Gasteiger partial charge in [-0.25, -0.2) is 0 Å². The highest BCUT2D eigenvalue weighted by atomic mass is 32.1. The molecule has 2 heterocycles. The monoisotopic (exact) mass is 324 g/mol. The van der Waals surface area contributed by atoms with E-state index in [1.165, 1.54) is 11.3 Å². The van der Waals surface area contributed by atoms with E-state index >= 15 is 0 Å². The summed E-state index contributed by atoms with van der Waals surface area (Å²) < 4.78 is 0. The zero-order chi connectivity index (χ0) is 15.8. The SMILES string of the molecule is CC(NC(=O)c1cccs1)C(=O)NCCCN1CCNCC1. The van der Waals surface area contributed by atoms with E-state index in [0.29, 0.717) is 11.4 Å². The molecule has 0 aromatic carbocycles. The van der Waals surface area contributed by atoms with Gasteiger partial charge in [0.15, 0.2) is 0 Å². The van der Waals surface area contributed by atoms with Crippen molar-refractivity contribution in [1.82, 2.24) is 20.9 Å². The number of nitrogens with zero attached hydrogens (tertiary/aromatic N) is 1. The Hall–Kier alpha value is -1.44. The van der Waals surface area contributed by atoms with Crippen molar-refractivity contribution >= 4 is 23.2 Å². The van der Waals surface area contributed by atoms with Crippen LogP contribution in [0.2, 0.25) is 0 Å². The van der Waals surface area contributed by atoms with Gasteiger partial charge in [-0.2, -0.15) is 0 Å². The van der Waals surface area contributed by atoms with Gasteiger partial charge >= 0.3 is 0 Å². The number of thiophene rings is 1. The summed E-state index contributed by atoms with van der Waals surface area (Å²) in [7, 11) is 0. The average molecular weight is 324 g/mol. The van der Waals surface area contributed by atoms with Gasteiger partial charge < -0.3 is 20.9 Å². The van der Waals surface area contributed by atoms with Gasteiger partial charge in [-0.1, -0.05) is 6.07 Å². The molecule has 6 nitrogen and oxygen atoms in total. The molecular weight excluding hydrogens is 300 g/mol. The molecule has 1 aliphatic rings. The topological polar surface area (TPSA) is 73.5 Å². The van der Waals surface area contributed by atoms with Crippen molar-refractivity contribution in [2.24, 2.45) is 0 Å². The Bertz CT molecular complexity index is 472. The van der Waals surface area contributed by atoms with E-state index in [2.05, 4.69) is 20.9 Å². The molecule has 0 aliphatic carbocycles. The van der Waals surface area contributed by atoms with Gasteiger partial charge in [-0.3, -0.25) is 9.59 Å². The molecule has 2 amide bonds. The Morgan fingerprint density at radius 3 is 2.86 bits per heavy atom. The fourth-order valence-electron chi connectivity index (χ4n) is 2.34.